The molecule has 0 spiro atoms. The van der Waals surface area contributed by atoms with Crippen molar-refractivity contribution in [2.45, 2.75) is 45.6 Å². The maximum atomic E-state index is 5.25. The van der Waals surface area contributed by atoms with Crippen molar-refractivity contribution in [2.24, 2.45) is 0 Å². The van der Waals surface area contributed by atoms with Gasteiger partial charge in [0.25, 0.3) is 0 Å². The first-order chi connectivity index (χ1) is 6.35. The van der Waals surface area contributed by atoms with Crippen LogP contribution in [-0.2, 0) is 9.57 Å². The maximum Gasteiger partial charge on any atom is 0.0915 e. The summed E-state index contributed by atoms with van der Waals surface area (Å²) in [5.74, 6) is 0. The molecule has 13 heavy (non-hydrogen) atoms. The van der Waals surface area contributed by atoms with Crippen LogP contribution >= 0.6 is 0 Å². The smallest absolute Gasteiger partial charge is 0.0915 e. The molecule has 0 saturated heterocycles. The van der Waals surface area contributed by atoms with Crippen LogP contribution in [0.2, 0.25) is 0 Å². The molecule has 0 aliphatic carbocycles. The molecule has 1 atom stereocenters. The second kappa shape index (κ2) is 9.96. The molecular weight excluding hydrogens is 166 g/mol. The Bertz CT molecular complexity index is 98.9. The quantitative estimate of drug-likeness (QED) is 0.445. The fourth-order valence-electron chi connectivity index (χ4n) is 1.10. The van der Waals surface area contributed by atoms with Crippen molar-refractivity contribution in [1.29, 1.82) is 0 Å². The molecule has 80 valence electrons. The SMILES string of the molecule is CCCCC(CC)NOCCOC. The van der Waals surface area contributed by atoms with Gasteiger partial charge in [-0.2, -0.15) is 5.48 Å². The second-order valence-corrected chi connectivity index (χ2v) is 3.21. The van der Waals surface area contributed by atoms with Crippen LogP contribution in [0.15, 0.2) is 0 Å². The summed E-state index contributed by atoms with van der Waals surface area (Å²) in [5.41, 5.74) is 3.06. The molecular formula is C10H23NO2. The van der Waals surface area contributed by atoms with Gasteiger partial charge in [0.05, 0.1) is 13.2 Å². The van der Waals surface area contributed by atoms with Crippen LogP contribution in [0.5, 0.6) is 0 Å². The van der Waals surface area contributed by atoms with Crippen LogP contribution < -0.4 is 5.48 Å². The van der Waals surface area contributed by atoms with Gasteiger partial charge in [-0.1, -0.05) is 26.7 Å². The van der Waals surface area contributed by atoms with Gasteiger partial charge in [0.1, 0.15) is 0 Å². The van der Waals surface area contributed by atoms with Crippen molar-refractivity contribution >= 4 is 0 Å². The molecule has 0 heterocycles. The molecule has 0 bridgehead atoms. The van der Waals surface area contributed by atoms with Crippen LogP contribution in [0.4, 0.5) is 0 Å². The van der Waals surface area contributed by atoms with Gasteiger partial charge in [0, 0.05) is 13.2 Å². The number of unbranched alkanes of at least 4 members (excludes halogenated alkanes) is 1. The van der Waals surface area contributed by atoms with Gasteiger partial charge in [-0.15, -0.1) is 0 Å². The molecule has 0 saturated carbocycles. The second-order valence-electron chi connectivity index (χ2n) is 3.21. The first kappa shape index (κ1) is 12.9. The van der Waals surface area contributed by atoms with E-state index in [1.165, 1.54) is 19.3 Å². The highest BCUT2D eigenvalue weighted by Crippen LogP contribution is 2.03. The molecule has 1 N–H and O–H groups in total. The Labute approximate surface area is 81.8 Å². The van der Waals surface area contributed by atoms with Gasteiger partial charge in [-0.05, 0) is 12.8 Å². The molecule has 3 heteroatoms. The van der Waals surface area contributed by atoms with Crippen LogP contribution in [-0.4, -0.2) is 26.4 Å². The Morgan fingerprint density at radius 3 is 2.54 bits per heavy atom. The summed E-state index contributed by atoms with van der Waals surface area (Å²) in [4.78, 5) is 5.25. The monoisotopic (exact) mass is 189 g/mol. The van der Waals surface area contributed by atoms with E-state index in [1.807, 2.05) is 0 Å². The number of ether oxygens (including phenoxy) is 1. The Morgan fingerprint density at radius 1 is 1.23 bits per heavy atom. The standard InChI is InChI=1S/C10H23NO2/c1-4-6-7-10(5-2)11-13-9-8-12-3/h10-11H,4-9H2,1-3H3. The zero-order valence-corrected chi connectivity index (χ0v) is 9.14. The normalized spacial score (nSPS) is 13.2. The highest BCUT2D eigenvalue weighted by Gasteiger charge is 2.03. The molecule has 0 fully saturated rings. The molecule has 0 amide bonds. The summed E-state index contributed by atoms with van der Waals surface area (Å²) >= 11 is 0. The molecule has 0 radical (unpaired) electrons. The van der Waals surface area contributed by atoms with Gasteiger partial charge < -0.3 is 4.74 Å². The minimum Gasteiger partial charge on any atom is -0.382 e. The molecule has 0 rings (SSSR count). The van der Waals surface area contributed by atoms with Crippen LogP contribution in [0.1, 0.15) is 39.5 Å². The summed E-state index contributed by atoms with van der Waals surface area (Å²) in [6.45, 7) is 5.65. The fourth-order valence-corrected chi connectivity index (χ4v) is 1.10. The third kappa shape index (κ3) is 8.22. The molecule has 0 aromatic rings. The molecule has 0 aromatic carbocycles. The lowest BCUT2D eigenvalue weighted by Gasteiger charge is -2.15. The van der Waals surface area contributed by atoms with Gasteiger partial charge in [0.15, 0.2) is 0 Å². The molecule has 0 aliphatic heterocycles. The first-order valence-corrected chi connectivity index (χ1v) is 5.21. The summed E-state index contributed by atoms with van der Waals surface area (Å²) in [7, 11) is 1.68. The number of methoxy groups -OCH3 is 1. The Morgan fingerprint density at radius 2 is 2.00 bits per heavy atom. The van der Waals surface area contributed by atoms with E-state index in [2.05, 4.69) is 19.3 Å². The number of rotatable bonds is 9. The lowest BCUT2D eigenvalue weighted by atomic mass is 10.1. The third-order valence-electron chi connectivity index (χ3n) is 2.04. The number of hydrogen-bond donors (Lipinski definition) is 1. The van der Waals surface area contributed by atoms with Crippen molar-refractivity contribution in [3.8, 4) is 0 Å². The summed E-state index contributed by atoms with van der Waals surface area (Å²) < 4.78 is 4.87. The van der Waals surface area contributed by atoms with Crippen LogP contribution in [0, 0.1) is 0 Å². The zero-order valence-electron chi connectivity index (χ0n) is 9.14. The van der Waals surface area contributed by atoms with E-state index in [-0.39, 0.29) is 0 Å². The van der Waals surface area contributed by atoms with E-state index in [0.717, 1.165) is 6.42 Å². The van der Waals surface area contributed by atoms with E-state index >= 15 is 0 Å². The van der Waals surface area contributed by atoms with Crippen molar-refractivity contribution in [3.05, 3.63) is 0 Å². The molecule has 0 aromatic heterocycles. The average molecular weight is 189 g/mol. The topological polar surface area (TPSA) is 30.5 Å². The largest absolute Gasteiger partial charge is 0.382 e. The van der Waals surface area contributed by atoms with E-state index in [0.29, 0.717) is 19.3 Å². The van der Waals surface area contributed by atoms with Gasteiger partial charge in [-0.25, -0.2) is 0 Å². The summed E-state index contributed by atoms with van der Waals surface area (Å²) in [6, 6.07) is 0.497. The van der Waals surface area contributed by atoms with Gasteiger partial charge >= 0.3 is 0 Å². The van der Waals surface area contributed by atoms with E-state index < -0.39 is 0 Å². The van der Waals surface area contributed by atoms with Crippen LogP contribution in [0.25, 0.3) is 0 Å². The average Bonchev–Trinajstić information content (AvgIpc) is 2.17. The van der Waals surface area contributed by atoms with E-state index in [4.69, 9.17) is 9.57 Å². The van der Waals surface area contributed by atoms with Crippen molar-refractivity contribution in [1.82, 2.24) is 5.48 Å². The highest BCUT2D eigenvalue weighted by atomic mass is 16.7. The van der Waals surface area contributed by atoms with Crippen molar-refractivity contribution < 1.29 is 9.57 Å². The molecule has 0 aliphatic rings. The Kier molecular flexibility index (Phi) is 9.87. The predicted molar refractivity (Wildman–Crippen MR) is 54.6 cm³/mol. The number of hydrogen-bond acceptors (Lipinski definition) is 3. The molecule has 3 nitrogen and oxygen atoms in total. The van der Waals surface area contributed by atoms with E-state index in [9.17, 15) is 0 Å². The lowest BCUT2D eigenvalue weighted by molar-refractivity contribution is -0.0142. The molecule has 1 unspecified atom stereocenters. The minimum absolute atomic E-state index is 0.497. The lowest BCUT2D eigenvalue weighted by Crippen LogP contribution is -2.29. The van der Waals surface area contributed by atoms with E-state index in [1.54, 1.807) is 7.11 Å². The Hall–Kier alpha value is -0.120. The number of hydroxylamine groups is 1. The summed E-state index contributed by atoms with van der Waals surface area (Å²) in [5, 5.41) is 0. The third-order valence-corrected chi connectivity index (χ3v) is 2.04. The summed E-state index contributed by atoms with van der Waals surface area (Å²) in [6.07, 6.45) is 4.82. The van der Waals surface area contributed by atoms with Crippen molar-refractivity contribution in [3.63, 3.8) is 0 Å². The van der Waals surface area contributed by atoms with Crippen molar-refractivity contribution in [2.75, 3.05) is 20.3 Å². The minimum atomic E-state index is 0.497. The zero-order chi connectivity index (χ0) is 9.94. The maximum absolute atomic E-state index is 5.25. The Balaban J connectivity index is 3.25. The number of nitrogens with one attached hydrogen (secondary N) is 1. The fraction of sp³-hybridized carbons (Fsp3) is 1.00. The predicted octanol–water partition coefficient (Wildman–Crippen LogP) is 2.12. The van der Waals surface area contributed by atoms with Crippen LogP contribution in [0.3, 0.4) is 0 Å². The van der Waals surface area contributed by atoms with Gasteiger partial charge in [0.2, 0.25) is 0 Å². The first-order valence-electron chi connectivity index (χ1n) is 5.21. The van der Waals surface area contributed by atoms with Gasteiger partial charge in [-0.3, -0.25) is 4.84 Å². The highest BCUT2D eigenvalue weighted by molar-refractivity contribution is 4.58.